The third-order valence-corrected chi connectivity index (χ3v) is 9.41. The van der Waals surface area contributed by atoms with Crippen molar-refractivity contribution >= 4 is 11.9 Å². The van der Waals surface area contributed by atoms with Crippen LogP contribution in [-0.4, -0.2) is 64.6 Å². The average Bonchev–Trinajstić information content (AvgIpc) is 3.02. The highest BCUT2D eigenvalue weighted by Gasteiger charge is 2.77. The van der Waals surface area contributed by atoms with Crippen LogP contribution in [0.15, 0.2) is 0 Å². The lowest BCUT2D eigenvalue weighted by Crippen LogP contribution is -2.58. The summed E-state index contributed by atoms with van der Waals surface area (Å²) in [4.78, 5) is 24.6. The number of aliphatic hydroxyl groups is 2. The molecule has 3 aliphatic carbocycles. The van der Waals surface area contributed by atoms with E-state index in [2.05, 4.69) is 4.74 Å². The van der Waals surface area contributed by atoms with Crippen LogP contribution in [0, 0.1) is 28.6 Å². The fourth-order valence-electron chi connectivity index (χ4n) is 7.38. The van der Waals surface area contributed by atoms with Gasteiger partial charge in [0.2, 0.25) is 0 Å². The molecule has 0 spiro atoms. The highest BCUT2D eigenvalue weighted by Crippen LogP contribution is 2.64. The van der Waals surface area contributed by atoms with Crippen LogP contribution in [0.4, 0.5) is 30.7 Å². The molecular formula is C23H29F7O6. The third kappa shape index (κ3) is 3.90. The van der Waals surface area contributed by atoms with E-state index in [1.165, 1.54) is 0 Å². The van der Waals surface area contributed by atoms with Crippen molar-refractivity contribution in [2.24, 2.45) is 28.6 Å². The Balaban J connectivity index is 1.58. The molecule has 4 fully saturated rings. The van der Waals surface area contributed by atoms with Gasteiger partial charge in [0, 0.05) is 23.7 Å². The molecule has 206 valence electrons. The quantitative estimate of drug-likeness (QED) is 0.420. The molecule has 4 aliphatic rings. The lowest BCUT2D eigenvalue weighted by molar-refractivity contribution is -0.349. The maximum Gasteiger partial charge on any atom is 0.460 e. The van der Waals surface area contributed by atoms with Gasteiger partial charge in [-0.25, -0.2) is 4.79 Å². The number of ether oxygens (including phenoxy) is 2. The minimum absolute atomic E-state index is 0.0413. The van der Waals surface area contributed by atoms with E-state index in [0.717, 1.165) is 0 Å². The molecular weight excluding hydrogens is 505 g/mol. The molecule has 1 aliphatic heterocycles. The zero-order valence-electron chi connectivity index (χ0n) is 19.7. The van der Waals surface area contributed by atoms with Crippen molar-refractivity contribution < 1.29 is 60.0 Å². The predicted molar refractivity (Wildman–Crippen MR) is 107 cm³/mol. The van der Waals surface area contributed by atoms with E-state index in [9.17, 15) is 50.5 Å². The Bertz CT molecular complexity index is 910. The molecule has 1 heterocycles. The first kappa shape index (κ1) is 27.4. The van der Waals surface area contributed by atoms with Crippen LogP contribution in [-0.2, 0) is 19.1 Å². The van der Waals surface area contributed by atoms with Gasteiger partial charge in [-0.2, -0.15) is 30.7 Å². The molecule has 0 aromatic carbocycles. The molecule has 0 radical (unpaired) electrons. The number of carbonyl (C=O) groups is 2. The second kappa shape index (κ2) is 8.44. The smallest absolute Gasteiger partial charge is 0.460 e. The van der Waals surface area contributed by atoms with Gasteiger partial charge in [0.15, 0.2) is 0 Å². The van der Waals surface area contributed by atoms with Gasteiger partial charge in [0.1, 0.15) is 12.2 Å². The summed E-state index contributed by atoms with van der Waals surface area (Å²) < 4.78 is 102. The first-order chi connectivity index (χ1) is 16.4. The molecule has 1 saturated heterocycles. The number of aliphatic hydroxyl groups excluding tert-OH is 2. The molecule has 0 unspecified atom stereocenters. The maximum atomic E-state index is 13.9. The second-order valence-electron chi connectivity index (χ2n) is 11.3. The molecule has 6 nitrogen and oxygen atoms in total. The number of hydrogen-bond acceptors (Lipinski definition) is 6. The zero-order valence-corrected chi connectivity index (χ0v) is 19.7. The van der Waals surface area contributed by atoms with Crippen molar-refractivity contribution in [2.75, 3.05) is 0 Å². The molecule has 0 aromatic heterocycles. The van der Waals surface area contributed by atoms with E-state index < -0.39 is 71.1 Å². The normalized spacial score (nSPS) is 43.5. The molecule has 13 heteroatoms. The number of hydrogen-bond donors (Lipinski definition) is 2. The van der Waals surface area contributed by atoms with Crippen LogP contribution < -0.4 is 0 Å². The highest BCUT2D eigenvalue weighted by molar-refractivity contribution is 5.79. The predicted octanol–water partition coefficient (Wildman–Crippen LogP) is 4.01. The molecule has 36 heavy (non-hydrogen) atoms. The van der Waals surface area contributed by atoms with Gasteiger partial charge in [0.25, 0.3) is 0 Å². The Morgan fingerprint density at radius 2 is 1.58 bits per heavy atom. The van der Waals surface area contributed by atoms with E-state index in [1.807, 2.05) is 6.92 Å². The Hall–Kier alpha value is -1.63. The molecule has 0 amide bonds. The van der Waals surface area contributed by atoms with E-state index in [1.54, 1.807) is 6.92 Å². The van der Waals surface area contributed by atoms with Gasteiger partial charge in [-0.15, -0.1) is 0 Å². The van der Waals surface area contributed by atoms with Crippen LogP contribution in [0.5, 0.6) is 0 Å². The van der Waals surface area contributed by atoms with Crippen molar-refractivity contribution in [3.8, 4) is 0 Å². The zero-order chi connectivity index (χ0) is 27.1. The van der Waals surface area contributed by atoms with Crippen molar-refractivity contribution in [3.63, 3.8) is 0 Å². The SMILES string of the molecule is C[C@]12C[C@@H](O)[C@@H](O)C[C@@H]1OC(=O)C[C@@H]1[C@@H]2CC[C@]2(C)[C@@H](OC(=O)C(F)(F)C(F)(F)C(F)(F)F)CC[C@@H]12. The monoisotopic (exact) mass is 534 g/mol. The van der Waals surface area contributed by atoms with Crippen molar-refractivity contribution in [3.05, 3.63) is 0 Å². The van der Waals surface area contributed by atoms with Crippen LogP contribution in [0.25, 0.3) is 0 Å². The number of alkyl halides is 7. The fraction of sp³-hybridized carbons (Fsp3) is 0.913. The molecule has 4 rings (SSSR count). The lowest BCUT2D eigenvalue weighted by atomic mass is 9.50. The van der Waals surface area contributed by atoms with Crippen LogP contribution in [0.1, 0.15) is 58.8 Å². The number of fused-ring (bicyclic) bond motifs is 5. The van der Waals surface area contributed by atoms with Gasteiger partial charge in [-0.1, -0.05) is 13.8 Å². The molecule has 9 atom stereocenters. The maximum absolute atomic E-state index is 13.9. The summed E-state index contributed by atoms with van der Waals surface area (Å²) in [5, 5.41) is 20.5. The van der Waals surface area contributed by atoms with E-state index >= 15 is 0 Å². The van der Waals surface area contributed by atoms with Gasteiger partial charge in [-0.3, -0.25) is 4.79 Å². The summed E-state index contributed by atoms with van der Waals surface area (Å²) >= 11 is 0. The minimum Gasteiger partial charge on any atom is -0.462 e. The fourth-order valence-corrected chi connectivity index (χ4v) is 7.38. The number of esters is 2. The molecule has 2 N–H and O–H groups in total. The second-order valence-corrected chi connectivity index (χ2v) is 11.3. The first-order valence-corrected chi connectivity index (χ1v) is 12.0. The number of rotatable bonds is 3. The van der Waals surface area contributed by atoms with Crippen LogP contribution in [0.2, 0.25) is 0 Å². The largest absolute Gasteiger partial charge is 0.462 e. The van der Waals surface area contributed by atoms with Crippen LogP contribution in [0.3, 0.4) is 0 Å². The van der Waals surface area contributed by atoms with E-state index in [4.69, 9.17) is 4.74 Å². The third-order valence-electron chi connectivity index (χ3n) is 9.41. The number of halogens is 7. The Kier molecular flexibility index (Phi) is 6.42. The molecule has 0 aromatic rings. The summed E-state index contributed by atoms with van der Waals surface area (Å²) in [5.41, 5.74) is -1.74. The van der Waals surface area contributed by atoms with Crippen molar-refractivity contribution in [1.82, 2.24) is 0 Å². The van der Waals surface area contributed by atoms with Gasteiger partial charge < -0.3 is 19.7 Å². The Morgan fingerprint density at radius 1 is 0.972 bits per heavy atom. The average molecular weight is 534 g/mol. The summed E-state index contributed by atoms with van der Waals surface area (Å²) in [6, 6.07) is 0. The standard InChI is InChI=1S/C23H29F7O6/c1-19-6-5-12-10(7-17(33)35-16-8-13(31)14(32)9-20(12,16)2)11(19)3-4-15(19)36-18(34)21(24,25)22(26,27)23(28,29)30/h10-16,31-32H,3-9H2,1-2H3/t10-,11-,12-,13-,14+,15-,16-,19-,20+/m0/s1. The topological polar surface area (TPSA) is 93.1 Å². The number of carbonyl (C=O) groups excluding carboxylic acids is 2. The van der Waals surface area contributed by atoms with Crippen molar-refractivity contribution in [1.29, 1.82) is 0 Å². The summed E-state index contributed by atoms with van der Waals surface area (Å²) in [7, 11) is 0. The summed E-state index contributed by atoms with van der Waals surface area (Å²) in [6.45, 7) is 3.46. The highest BCUT2D eigenvalue weighted by atomic mass is 19.4. The summed E-state index contributed by atoms with van der Waals surface area (Å²) in [6.07, 6.45) is -9.68. The summed E-state index contributed by atoms with van der Waals surface area (Å²) in [5.74, 6) is -17.1. The van der Waals surface area contributed by atoms with Crippen molar-refractivity contribution in [2.45, 2.75) is 101 Å². The molecule has 3 saturated carbocycles. The van der Waals surface area contributed by atoms with Gasteiger partial charge in [-0.05, 0) is 49.9 Å². The Morgan fingerprint density at radius 3 is 2.19 bits per heavy atom. The van der Waals surface area contributed by atoms with Gasteiger partial charge in [0.05, 0.1) is 12.2 Å². The van der Waals surface area contributed by atoms with Gasteiger partial charge >= 0.3 is 30.0 Å². The Labute approximate surface area is 202 Å². The lowest BCUT2D eigenvalue weighted by Gasteiger charge is -2.55. The molecule has 0 bridgehead atoms. The minimum atomic E-state index is -6.65. The van der Waals surface area contributed by atoms with E-state index in [0.29, 0.717) is 6.42 Å². The van der Waals surface area contributed by atoms with E-state index in [-0.39, 0.29) is 50.4 Å². The van der Waals surface area contributed by atoms with Crippen LogP contribution >= 0.6 is 0 Å². The first-order valence-electron chi connectivity index (χ1n) is 12.0.